The van der Waals surface area contributed by atoms with E-state index in [-0.39, 0.29) is 6.61 Å². The molecule has 1 aliphatic heterocycles. The van der Waals surface area contributed by atoms with Gasteiger partial charge in [-0.05, 0) is 37.8 Å². The summed E-state index contributed by atoms with van der Waals surface area (Å²) in [5, 5.41) is 9.77. The fourth-order valence-electron chi connectivity index (χ4n) is 3.01. The number of hydrogen-bond acceptors (Lipinski definition) is 3. The van der Waals surface area contributed by atoms with Gasteiger partial charge in [0.05, 0.1) is 12.1 Å². The molecule has 1 fully saturated rings. The van der Waals surface area contributed by atoms with Crippen LogP contribution in [0.25, 0.3) is 0 Å². The second kappa shape index (κ2) is 6.04. The number of aliphatic hydroxyl groups is 1. The Balaban J connectivity index is 2.14. The van der Waals surface area contributed by atoms with Crippen LogP contribution in [0.3, 0.4) is 0 Å². The van der Waals surface area contributed by atoms with E-state index in [2.05, 4.69) is 18.7 Å². The molecule has 0 bridgehead atoms. The summed E-state index contributed by atoms with van der Waals surface area (Å²) in [6.45, 7) is 6.36. The van der Waals surface area contributed by atoms with Crippen LogP contribution < -0.4 is 5.73 Å². The van der Waals surface area contributed by atoms with E-state index in [0.717, 1.165) is 18.7 Å². The molecular formula is C16H26N2O. The first-order valence-corrected chi connectivity index (χ1v) is 7.26. The molecule has 106 valence electrons. The lowest BCUT2D eigenvalue weighted by Crippen LogP contribution is -2.55. The summed E-state index contributed by atoms with van der Waals surface area (Å²) < 4.78 is 0. The quantitative estimate of drug-likeness (QED) is 0.872. The van der Waals surface area contributed by atoms with Gasteiger partial charge < -0.3 is 10.8 Å². The third kappa shape index (κ3) is 3.16. The largest absolute Gasteiger partial charge is 0.394 e. The predicted molar refractivity (Wildman–Crippen MR) is 78.8 cm³/mol. The fraction of sp³-hybridized carbons (Fsp3) is 0.625. The van der Waals surface area contributed by atoms with Crippen molar-refractivity contribution in [2.45, 2.75) is 38.3 Å². The molecule has 0 spiro atoms. The molecule has 0 saturated carbocycles. The molecule has 3 heteroatoms. The van der Waals surface area contributed by atoms with E-state index in [1.54, 1.807) is 0 Å². The fourth-order valence-corrected chi connectivity index (χ4v) is 3.01. The Bertz CT molecular complexity index is 395. The first-order valence-electron chi connectivity index (χ1n) is 7.26. The summed E-state index contributed by atoms with van der Waals surface area (Å²) in [7, 11) is 0. The number of benzene rings is 1. The highest BCUT2D eigenvalue weighted by atomic mass is 16.3. The highest BCUT2D eigenvalue weighted by molar-refractivity contribution is 5.24. The molecule has 3 nitrogen and oxygen atoms in total. The highest BCUT2D eigenvalue weighted by Crippen LogP contribution is 2.27. The van der Waals surface area contributed by atoms with Crippen LogP contribution in [0.4, 0.5) is 0 Å². The van der Waals surface area contributed by atoms with Gasteiger partial charge >= 0.3 is 0 Å². The Labute approximate surface area is 116 Å². The molecule has 3 unspecified atom stereocenters. The number of hydrogen-bond donors (Lipinski definition) is 2. The molecule has 0 radical (unpaired) electrons. The molecule has 0 aromatic heterocycles. The van der Waals surface area contributed by atoms with E-state index in [4.69, 9.17) is 5.73 Å². The van der Waals surface area contributed by atoms with Crippen LogP contribution in [0.5, 0.6) is 0 Å². The second-order valence-corrected chi connectivity index (χ2v) is 6.01. The van der Waals surface area contributed by atoms with Crippen molar-refractivity contribution >= 4 is 0 Å². The molecule has 1 aromatic rings. The zero-order valence-corrected chi connectivity index (χ0v) is 12.0. The summed E-state index contributed by atoms with van der Waals surface area (Å²) >= 11 is 0. The zero-order chi connectivity index (χ0) is 13.9. The van der Waals surface area contributed by atoms with Gasteiger partial charge in [0.25, 0.3) is 0 Å². The Morgan fingerprint density at radius 1 is 1.32 bits per heavy atom. The lowest BCUT2D eigenvalue weighted by molar-refractivity contribution is 0.0647. The number of aliphatic hydroxyl groups excluding tert-OH is 1. The standard InChI is InChI=1S/C16H26N2O/c1-13-7-6-10-18(14(13)2)11-16(17,12-19)15-8-4-3-5-9-15/h3-5,8-9,13-14,19H,6-7,10-12,17H2,1-2H3. The van der Waals surface area contributed by atoms with Crippen LogP contribution in [-0.2, 0) is 5.54 Å². The third-order valence-electron chi connectivity index (χ3n) is 4.62. The summed E-state index contributed by atoms with van der Waals surface area (Å²) in [5.74, 6) is 0.701. The van der Waals surface area contributed by atoms with Crippen molar-refractivity contribution in [2.75, 3.05) is 19.7 Å². The van der Waals surface area contributed by atoms with E-state index in [0.29, 0.717) is 12.0 Å². The number of piperidine rings is 1. The molecule has 0 aliphatic carbocycles. The zero-order valence-electron chi connectivity index (χ0n) is 12.0. The van der Waals surface area contributed by atoms with Gasteiger partial charge in [-0.3, -0.25) is 4.90 Å². The Hall–Kier alpha value is -0.900. The first-order chi connectivity index (χ1) is 9.07. The lowest BCUT2D eigenvalue weighted by atomic mass is 9.87. The van der Waals surface area contributed by atoms with Crippen molar-refractivity contribution in [3.63, 3.8) is 0 Å². The van der Waals surface area contributed by atoms with Crippen LogP contribution in [0, 0.1) is 5.92 Å². The minimum Gasteiger partial charge on any atom is -0.394 e. The molecule has 0 amide bonds. The minimum atomic E-state index is -0.660. The van der Waals surface area contributed by atoms with Crippen LogP contribution in [-0.4, -0.2) is 35.7 Å². The third-order valence-corrected chi connectivity index (χ3v) is 4.62. The van der Waals surface area contributed by atoms with Gasteiger partial charge in [-0.15, -0.1) is 0 Å². The molecular weight excluding hydrogens is 236 g/mol. The molecule has 1 aromatic carbocycles. The molecule has 3 N–H and O–H groups in total. The smallest absolute Gasteiger partial charge is 0.0773 e. The number of nitrogens with zero attached hydrogens (tertiary/aromatic N) is 1. The van der Waals surface area contributed by atoms with Gasteiger partial charge in [-0.2, -0.15) is 0 Å². The second-order valence-electron chi connectivity index (χ2n) is 6.01. The van der Waals surface area contributed by atoms with Crippen LogP contribution in [0.1, 0.15) is 32.3 Å². The molecule has 1 aliphatic rings. The van der Waals surface area contributed by atoms with Gasteiger partial charge in [-0.25, -0.2) is 0 Å². The molecule has 1 saturated heterocycles. The summed E-state index contributed by atoms with van der Waals surface area (Å²) in [5.41, 5.74) is 6.82. The normalized spacial score (nSPS) is 28.0. The number of nitrogens with two attached hydrogens (primary N) is 1. The Kier molecular flexibility index (Phi) is 4.61. The average Bonchev–Trinajstić information content (AvgIpc) is 2.45. The van der Waals surface area contributed by atoms with Crippen molar-refractivity contribution in [1.82, 2.24) is 4.90 Å². The molecule has 1 heterocycles. The summed E-state index contributed by atoms with van der Waals surface area (Å²) in [6.07, 6.45) is 2.52. The maximum absolute atomic E-state index is 9.77. The average molecular weight is 262 g/mol. The monoisotopic (exact) mass is 262 g/mol. The molecule has 2 rings (SSSR count). The van der Waals surface area contributed by atoms with E-state index < -0.39 is 5.54 Å². The predicted octanol–water partition coefficient (Wildman–Crippen LogP) is 1.95. The lowest BCUT2D eigenvalue weighted by Gasteiger charge is -2.42. The van der Waals surface area contributed by atoms with Crippen molar-refractivity contribution < 1.29 is 5.11 Å². The van der Waals surface area contributed by atoms with Crippen molar-refractivity contribution in [3.8, 4) is 0 Å². The van der Waals surface area contributed by atoms with E-state index in [1.807, 2.05) is 30.3 Å². The van der Waals surface area contributed by atoms with E-state index in [9.17, 15) is 5.11 Å². The van der Waals surface area contributed by atoms with Crippen LogP contribution in [0.15, 0.2) is 30.3 Å². The van der Waals surface area contributed by atoms with Crippen molar-refractivity contribution in [3.05, 3.63) is 35.9 Å². The molecule has 19 heavy (non-hydrogen) atoms. The highest BCUT2D eigenvalue weighted by Gasteiger charge is 2.33. The van der Waals surface area contributed by atoms with Crippen LogP contribution in [0.2, 0.25) is 0 Å². The topological polar surface area (TPSA) is 49.5 Å². The van der Waals surface area contributed by atoms with Gasteiger partial charge in [0.15, 0.2) is 0 Å². The van der Waals surface area contributed by atoms with Crippen molar-refractivity contribution in [2.24, 2.45) is 11.7 Å². The maximum atomic E-state index is 9.77. The molecule has 3 atom stereocenters. The van der Waals surface area contributed by atoms with Gasteiger partial charge in [0.2, 0.25) is 0 Å². The van der Waals surface area contributed by atoms with E-state index in [1.165, 1.54) is 12.8 Å². The maximum Gasteiger partial charge on any atom is 0.0773 e. The number of likely N-dealkylation sites (tertiary alicyclic amines) is 1. The first kappa shape index (κ1) is 14.5. The number of rotatable bonds is 4. The van der Waals surface area contributed by atoms with Gasteiger partial charge in [-0.1, -0.05) is 37.3 Å². The van der Waals surface area contributed by atoms with Gasteiger partial charge in [0, 0.05) is 12.6 Å². The SMILES string of the molecule is CC1CCCN(CC(N)(CO)c2ccccc2)C1C. The van der Waals surface area contributed by atoms with Gasteiger partial charge in [0.1, 0.15) is 0 Å². The Morgan fingerprint density at radius 2 is 2.00 bits per heavy atom. The van der Waals surface area contributed by atoms with Crippen molar-refractivity contribution in [1.29, 1.82) is 0 Å². The van der Waals surface area contributed by atoms with E-state index >= 15 is 0 Å². The minimum absolute atomic E-state index is 0.0192. The Morgan fingerprint density at radius 3 is 2.63 bits per heavy atom. The summed E-state index contributed by atoms with van der Waals surface area (Å²) in [6, 6.07) is 10.5. The summed E-state index contributed by atoms with van der Waals surface area (Å²) in [4.78, 5) is 2.43. The van der Waals surface area contributed by atoms with Crippen LogP contribution >= 0.6 is 0 Å².